The first-order chi connectivity index (χ1) is 19.0. The van der Waals surface area contributed by atoms with Gasteiger partial charge in [-0.25, -0.2) is 15.0 Å². The van der Waals surface area contributed by atoms with Gasteiger partial charge in [0.25, 0.3) is 0 Å². The number of carboxylic acid groups (broad SMARTS) is 4. The largest absolute Gasteiger partial charge is 0.480 e. The normalized spacial score (nSPS) is 10.8. The molecule has 3 aromatic rings. The number of carbonyl (C=O) groups is 4. The van der Waals surface area contributed by atoms with Crippen molar-refractivity contribution >= 4 is 23.9 Å². The van der Waals surface area contributed by atoms with Crippen LogP contribution in [0.3, 0.4) is 0 Å². The van der Waals surface area contributed by atoms with E-state index in [0.717, 1.165) is 0 Å². The Bertz CT molecular complexity index is 1340. The number of hydrogen-bond acceptors (Lipinski definition) is 9. The molecule has 0 aromatic carbocycles. The van der Waals surface area contributed by atoms with Gasteiger partial charge in [0.2, 0.25) is 0 Å². The standard InChI is InChI=1S/C27H25N5O8/c1-2-17-9-22(20-7-3-5-18(28-20)11-31(13-24(33)34)14-25(35)36)30-23(10-17)21-8-4-6-19(29-21)12-32(15-26(37)38)16-27(39)40/h1,3-10H,11-16H2,(H,33,34)(H,35,36)(H,37,38)(H,39,40). The summed E-state index contributed by atoms with van der Waals surface area (Å²) in [6, 6.07) is 13.2. The Morgan fingerprint density at radius 1 is 0.625 bits per heavy atom. The molecule has 13 nitrogen and oxygen atoms in total. The summed E-state index contributed by atoms with van der Waals surface area (Å²) in [6.07, 6.45) is 5.67. The molecular formula is C27H25N5O8. The maximum Gasteiger partial charge on any atom is 0.317 e. The topological polar surface area (TPSA) is 194 Å². The number of hydrogen-bond donors (Lipinski definition) is 4. The van der Waals surface area contributed by atoms with Gasteiger partial charge in [-0.1, -0.05) is 18.1 Å². The van der Waals surface area contributed by atoms with E-state index in [1.54, 1.807) is 48.5 Å². The van der Waals surface area contributed by atoms with Crippen LogP contribution in [-0.4, -0.2) is 95.2 Å². The van der Waals surface area contributed by atoms with E-state index in [2.05, 4.69) is 20.9 Å². The highest BCUT2D eigenvalue weighted by Gasteiger charge is 2.17. The fraction of sp³-hybridized carbons (Fsp3) is 0.222. The number of terminal acetylenes is 1. The van der Waals surface area contributed by atoms with Crippen LogP contribution in [0.4, 0.5) is 0 Å². The monoisotopic (exact) mass is 547 g/mol. The van der Waals surface area contributed by atoms with Crippen molar-refractivity contribution in [2.24, 2.45) is 0 Å². The zero-order chi connectivity index (χ0) is 29.2. The third-order valence-corrected chi connectivity index (χ3v) is 5.34. The summed E-state index contributed by atoms with van der Waals surface area (Å²) < 4.78 is 0. The minimum absolute atomic E-state index is 0.0269. The summed E-state index contributed by atoms with van der Waals surface area (Å²) in [5, 5.41) is 36.4. The molecule has 0 saturated heterocycles. The summed E-state index contributed by atoms with van der Waals surface area (Å²) in [6.45, 7) is -1.98. The molecule has 0 amide bonds. The predicted octanol–water partition coefficient (Wildman–Crippen LogP) is 1.13. The molecule has 3 rings (SSSR count). The van der Waals surface area contributed by atoms with Crippen LogP contribution in [0.5, 0.6) is 0 Å². The second-order valence-electron chi connectivity index (χ2n) is 8.66. The average molecular weight is 548 g/mol. The van der Waals surface area contributed by atoms with E-state index < -0.39 is 50.1 Å². The summed E-state index contributed by atoms with van der Waals surface area (Å²) in [7, 11) is 0. The Kier molecular flexibility index (Phi) is 9.95. The molecule has 4 N–H and O–H groups in total. The highest BCUT2D eigenvalue weighted by atomic mass is 16.4. The molecule has 0 aliphatic carbocycles. The smallest absolute Gasteiger partial charge is 0.317 e. The molecule has 0 atom stereocenters. The van der Waals surface area contributed by atoms with Gasteiger partial charge >= 0.3 is 23.9 Å². The van der Waals surface area contributed by atoms with E-state index in [1.165, 1.54) is 9.80 Å². The Balaban J connectivity index is 1.93. The molecule has 3 heterocycles. The Labute approximate surface area is 228 Å². The fourth-order valence-electron chi connectivity index (χ4n) is 3.86. The minimum Gasteiger partial charge on any atom is -0.480 e. The van der Waals surface area contributed by atoms with Crippen molar-refractivity contribution < 1.29 is 39.6 Å². The molecule has 40 heavy (non-hydrogen) atoms. The number of aliphatic carboxylic acids is 4. The lowest BCUT2D eigenvalue weighted by molar-refractivity contribution is -0.144. The predicted molar refractivity (Wildman–Crippen MR) is 140 cm³/mol. The second-order valence-corrected chi connectivity index (χ2v) is 8.66. The van der Waals surface area contributed by atoms with E-state index in [0.29, 0.717) is 39.7 Å². The van der Waals surface area contributed by atoms with Gasteiger partial charge in [-0.2, -0.15) is 0 Å². The number of pyridine rings is 3. The third-order valence-electron chi connectivity index (χ3n) is 5.34. The van der Waals surface area contributed by atoms with E-state index >= 15 is 0 Å². The summed E-state index contributed by atoms with van der Waals surface area (Å²) >= 11 is 0. The number of carboxylic acids is 4. The lowest BCUT2D eigenvalue weighted by atomic mass is 10.1. The molecular weight excluding hydrogens is 522 g/mol. The number of rotatable bonds is 14. The van der Waals surface area contributed by atoms with Crippen LogP contribution >= 0.6 is 0 Å². The van der Waals surface area contributed by atoms with Gasteiger partial charge in [0, 0.05) is 18.7 Å². The molecule has 3 aromatic heterocycles. The van der Waals surface area contributed by atoms with Crippen LogP contribution in [0.2, 0.25) is 0 Å². The van der Waals surface area contributed by atoms with Crippen molar-refractivity contribution in [2.75, 3.05) is 26.2 Å². The van der Waals surface area contributed by atoms with Gasteiger partial charge in [0.05, 0.1) is 60.3 Å². The van der Waals surface area contributed by atoms with Crippen LogP contribution in [0.1, 0.15) is 17.0 Å². The average Bonchev–Trinajstić information content (AvgIpc) is 2.87. The van der Waals surface area contributed by atoms with Gasteiger partial charge < -0.3 is 20.4 Å². The third kappa shape index (κ3) is 8.98. The summed E-state index contributed by atoms with van der Waals surface area (Å²) in [5.74, 6) is -2.13. The van der Waals surface area contributed by atoms with E-state index in [9.17, 15) is 19.2 Å². The first kappa shape index (κ1) is 29.4. The van der Waals surface area contributed by atoms with Crippen molar-refractivity contribution in [2.45, 2.75) is 13.1 Å². The molecule has 0 bridgehead atoms. The highest BCUT2D eigenvalue weighted by molar-refractivity contribution is 5.73. The van der Waals surface area contributed by atoms with Crippen molar-refractivity contribution in [3.8, 4) is 35.1 Å². The van der Waals surface area contributed by atoms with Gasteiger partial charge in [-0.15, -0.1) is 6.42 Å². The van der Waals surface area contributed by atoms with Crippen molar-refractivity contribution in [3.63, 3.8) is 0 Å². The van der Waals surface area contributed by atoms with Gasteiger partial charge in [0.15, 0.2) is 0 Å². The second kappa shape index (κ2) is 13.6. The molecule has 0 spiro atoms. The minimum atomic E-state index is -1.17. The SMILES string of the molecule is C#Cc1cc(-c2cccc(CN(CC(=O)O)CC(=O)O)n2)nc(-c2cccc(CN(CC(=O)O)CC(=O)O)n2)c1. The zero-order valence-corrected chi connectivity index (χ0v) is 21.1. The number of aromatic nitrogens is 3. The van der Waals surface area contributed by atoms with Crippen molar-refractivity contribution in [3.05, 3.63) is 65.5 Å². The molecule has 13 heteroatoms. The van der Waals surface area contributed by atoms with E-state index in [4.69, 9.17) is 26.8 Å². The quantitative estimate of drug-likeness (QED) is 0.210. The summed E-state index contributed by atoms with van der Waals surface area (Å²) in [5.41, 5.74) is 2.91. The van der Waals surface area contributed by atoms with Crippen LogP contribution in [0, 0.1) is 12.3 Å². The maximum absolute atomic E-state index is 11.1. The first-order valence-electron chi connectivity index (χ1n) is 11.8. The molecule has 0 aliphatic rings. The fourth-order valence-corrected chi connectivity index (χ4v) is 3.86. The van der Waals surface area contributed by atoms with Crippen molar-refractivity contribution in [1.29, 1.82) is 0 Å². The zero-order valence-electron chi connectivity index (χ0n) is 21.1. The van der Waals surface area contributed by atoms with Gasteiger partial charge in [-0.05, 0) is 36.4 Å². The van der Waals surface area contributed by atoms with Gasteiger partial charge in [0.1, 0.15) is 0 Å². The molecule has 206 valence electrons. The van der Waals surface area contributed by atoms with E-state index in [-0.39, 0.29) is 13.1 Å². The van der Waals surface area contributed by atoms with Crippen LogP contribution < -0.4 is 0 Å². The van der Waals surface area contributed by atoms with Crippen LogP contribution in [0.15, 0.2) is 48.5 Å². The number of nitrogens with zero attached hydrogens (tertiary/aromatic N) is 5. The molecule has 0 saturated carbocycles. The maximum atomic E-state index is 11.1. The first-order valence-corrected chi connectivity index (χ1v) is 11.8. The highest BCUT2D eigenvalue weighted by Crippen LogP contribution is 2.23. The Morgan fingerprint density at radius 3 is 1.32 bits per heavy atom. The molecule has 0 fully saturated rings. The lowest BCUT2D eigenvalue weighted by Crippen LogP contribution is -2.34. The molecule has 0 unspecified atom stereocenters. The molecule has 0 radical (unpaired) electrons. The van der Waals surface area contributed by atoms with Crippen LogP contribution in [-0.2, 0) is 32.3 Å². The van der Waals surface area contributed by atoms with Crippen molar-refractivity contribution in [1.82, 2.24) is 24.8 Å². The van der Waals surface area contributed by atoms with Crippen LogP contribution in [0.25, 0.3) is 22.8 Å². The van der Waals surface area contributed by atoms with E-state index in [1.807, 2.05) is 0 Å². The Morgan fingerprint density at radius 2 is 1.00 bits per heavy atom. The summed E-state index contributed by atoms with van der Waals surface area (Å²) in [4.78, 5) is 60.7. The van der Waals surface area contributed by atoms with Gasteiger partial charge in [-0.3, -0.25) is 29.0 Å². The Hall–Kier alpha value is -5.19. The lowest BCUT2D eigenvalue weighted by Gasteiger charge is -2.18. The molecule has 0 aliphatic heterocycles.